The molecule has 0 radical (unpaired) electrons. The van der Waals surface area contributed by atoms with Gasteiger partial charge in [0.1, 0.15) is 16.7 Å². The molecule has 2 aliphatic heterocycles. The van der Waals surface area contributed by atoms with Crippen LogP contribution in [0.5, 0.6) is 0 Å². The van der Waals surface area contributed by atoms with Gasteiger partial charge in [0, 0.05) is 18.6 Å². The summed E-state index contributed by atoms with van der Waals surface area (Å²) in [5.41, 5.74) is 1.53. The molecule has 0 amide bonds. The van der Waals surface area contributed by atoms with Crippen LogP contribution in [0.25, 0.3) is 10.9 Å². The van der Waals surface area contributed by atoms with E-state index in [1.807, 2.05) is 48.3 Å². The first kappa shape index (κ1) is 22.7. The van der Waals surface area contributed by atoms with Crippen molar-refractivity contribution in [2.75, 3.05) is 24.3 Å². The van der Waals surface area contributed by atoms with E-state index in [4.69, 9.17) is 4.74 Å². The highest BCUT2D eigenvalue weighted by atomic mass is 32.2. The number of rotatable bonds is 6. The molecule has 0 bridgehead atoms. The van der Waals surface area contributed by atoms with Crippen molar-refractivity contribution in [1.29, 1.82) is 5.26 Å². The Morgan fingerprint density at radius 2 is 2.06 bits per heavy atom. The minimum atomic E-state index is -0.291. The predicted octanol–water partition coefficient (Wildman–Crippen LogP) is 4.21. The number of nitrogens with zero attached hydrogens (tertiary/aromatic N) is 4. The number of anilines is 1. The second kappa shape index (κ2) is 9.66. The number of carbonyl (C=O) groups excluding carboxylic acids is 1. The van der Waals surface area contributed by atoms with Gasteiger partial charge in [-0.15, -0.1) is 0 Å². The summed E-state index contributed by atoms with van der Waals surface area (Å²) in [5, 5.41) is 11.4. The standard InChI is InChI=1S/C25H22N4O3S2/c1-28-20-10-4-5-11-22(20)34-24(28)18(13-26)21(30)15-33-25-27-19-9-3-2-8-17(19)23(31)29(25)14-16-7-6-12-32-16/h2-5,8-11,16H,6-7,12,14-15H2,1H3/b24-18-. The van der Waals surface area contributed by atoms with E-state index in [-0.39, 0.29) is 28.8 Å². The van der Waals surface area contributed by atoms with Crippen LogP contribution in [0.4, 0.5) is 5.69 Å². The van der Waals surface area contributed by atoms with Gasteiger partial charge in [0.2, 0.25) is 0 Å². The van der Waals surface area contributed by atoms with Crippen LogP contribution < -0.4 is 10.5 Å². The van der Waals surface area contributed by atoms with Crippen molar-refractivity contribution in [2.24, 2.45) is 0 Å². The lowest BCUT2D eigenvalue weighted by Gasteiger charge is -2.17. The SMILES string of the molecule is CN1/C(=C(\C#N)C(=O)CSc2nc3ccccc3c(=O)n2CC2CCCO2)Sc2ccccc21. The maximum Gasteiger partial charge on any atom is 0.262 e. The van der Waals surface area contributed by atoms with Crippen LogP contribution in [0.15, 0.2) is 74.0 Å². The zero-order chi connectivity index (χ0) is 23.7. The van der Waals surface area contributed by atoms with Crippen LogP contribution in [-0.2, 0) is 16.1 Å². The normalized spacial score (nSPS) is 18.7. The molecule has 5 rings (SSSR count). The lowest BCUT2D eigenvalue weighted by Crippen LogP contribution is -2.29. The minimum absolute atomic E-state index is 0.00738. The molecule has 1 atom stereocenters. The molecule has 1 saturated heterocycles. The fraction of sp³-hybridized carbons (Fsp3) is 0.280. The third-order valence-electron chi connectivity index (χ3n) is 5.91. The molecule has 0 saturated carbocycles. The van der Waals surface area contributed by atoms with Crippen molar-refractivity contribution < 1.29 is 9.53 Å². The van der Waals surface area contributed by atoms with Crippen LogP contribution in [0, 0.1) is 11.3 Å². The molecule has 0 spiro atoms. The molecule has 9 heteroatoms. The first-order valence-corrected chi connectivity index (χ1v) is 12.8. The number of nitriles is 1. The minimum Gasteiger partial charge on any atom is -0.376 e. The van der Waals surface area contributed by atoms with Gasteiger partial charge in [0.05, 0.1) is 35.0 Å². The number of benzene rings is 2. The van der Waals surface area contributed by atoms with Gasteiger partial charge in [0.25, 0.3) is 5.56 Å². The zero-order valence-electron chi connectivity index (χ0n) is 18.6. The second-order valence-electron chi connectivity index (χ2n) is 8.09. The summed E-state index contributed by atoms with van der Waals surface area (Å²) in [7, 11) is 1.86. The Morgan fingerprint density at radius 3 is 2.82 bits per heavy atom. The number of para-hydroxylation sites is 2. The number of carbonyl (C=O) groups is 1. The van der Waals surface area contributed by atoms with E-state index < -0.39 is 0 Å². The maximum absolute atomic E-state index is 13.2. The average Bonchev–Trinajstić information content (AvgIpc) is 3.49. The third-order valence-corrected chi connectivity index (χ3v) is 8.12. The fourth-order valence-corrected chi connectivity index (χ4v) is 6.21. The predicted molar refractivity (Wildman–Crippen MR) is 134 cm³/mol. The molecular weight excluding hydrogens is 468 g/mol. The highest BCUT2D eigenvalue weighted by Crippen LogP contribution is 2.46. The Kier molecular flexibility index (Phi) is 6.46. The molecular formula is C25H22N4O3S2. The summed E-state index contributed by atoms with van der Waals surface area (Å²) >= 11 is 2.61. The van der Waals surface area contributed by atoms with Gasteiger partial charge in [0.15, 0.2) is 10.9 Å². The summed E-state index contributed by atoms with van der Waals surface area (Å²) < 4.78 is 7.36. The Bertz CT molecular complexity index is 1400. The number of aromatic nitrogens is 2. The largest absolute Gasteiger partial charge is 0.376 e. The zero-order valence-corrected chi connectivity index (χ0v) is 20.2. The van der Waals surface area contributed by atoms with Gasteiger partial charge in [-0.3, -0.25) is 14.2 Å². The number of fused-ring (bicyclic) bond motifs is 2. The highest BCUT2D eigenvalue weighted by molar-refractivity contribution is 8.03. The fourth-order valence-electron chi connectivity index (χ4n) is 4.16. The van der Waals surface area contributed by atoms with E-state index in [9.17, 15) is 14.9 Å². The number of ether oxygens (including phenoxy) is 1. The molecule has 0 N–H and O–H groups in total. The lowest BCUT2D eigenvalue weighted by atomic mass is 10.2. The number of allylic oxidation sites excluding steroid dienone is 1. The third kappa shape index (κ3) is 4.25. The number of hydrogen-bond acceptors (Lipinski definition) is 8. The molecule has 0 aliphatic carbocycles. The second-order valence-corrected chi connectivity index (χ2v) is 10.1. The monoisotopic (exact) mass is 490 g/mol. The number of ketones is 1. The summed E-state index contributed by atoms with van der Waals surface area (Å²) in [6.07, 6.45) is 1.81. The lowest BCUT2D eigenvalue weighted by molar-refractivity contribution is -0.112. The van der Waals surface area contributed by atoms with Gasteiger partial charge in [-0.25, -0.2) is 4.98 Å². The van der Waals surface area contributed by atoms with Gasteiger partial charge < -0.3 is 9.64 Å². The Hall–Kier alpha value is -3.06. The maximum atomic E-state index is 13.2. The number of thioether (sulfide) groups is 2. The first-order valence-electron chi connectivity index (χ1n) is 11.0. The molecule has 1 unspecified atom stereocenters. The summed E-state index contributed by atoms with van der Waals surface area (Å²) in [4.78, 5) is 34.0. The van der Waals surface area contributed by atoms with Crippen LogP contribution in [0.1, 0.15) is 12.8 Å². The van der Waals surface area contributed by atoms with Gasteiger partial charge in [-0.1, -0.05) is 47.8 Å². The smallest absolute Gasteiger partial charge is 0.262 e. The van der Waals surface area contributed by atoms with E-state index in [1.54, 1.807) is 16.7 Å². The molecule has 7 nitrogen and oxygen atoms in total. The molecule has 2 aromatic carbocycles. The van der Waals surface area contributed by atoms with Gasteiger partial charge in [-0.05, 0) is 37.1 Å². The van der Waals surface area contributed by atoms with Gasteiger partial charge >= 0.3 is 0 Å². The number of hydrogen-bond donors (Lipinski definition) is 0. The van der Waals surface area contributed by atoms with Crippen LogP contribution in [0.2, 0.25) is 0 Å². The molecule has 1 fully saturated rings. The highest BCUT2D eigenvalue weighted by Gasteiger charge is 2.28. The first-order chi connectivity index (χ1) is 16.6. The Morgan fingerprint density at radius 1 is 1.26 bits per heavy atom. The molecule has 172 valence electrons. The topological polar surface area (TPSA) is 88.2 Å². The van der Waals surface area contributed by atoms with Crippen molar-refractivity contribution in [1.82, 2.24) is 9.55 Å². The van der Waals surface area contributed by atoms with Crippen molar-refractivity contribution in [2.45, 2.75) is 35.5 Å². The summed E-state index contributed by atoms with van der Waals surface area (Å²) in [6, 6.07) is 17.1. The van der Waals surface area contributed by atoms with Crippen LogP contribution in [-0.4, -0.2) is 40.8 Å². The van der Waals surface area contributed by atoms with E-state index in [0.29, 0.717) is 34.2 Å². The van der Waals surface area contributed by atoms with Crippen LogP contribution >= 0.6 is 23.5 Å². The Balaban J connectivity index is 1.43. The van der Waals surface area contributed by atoms with Crippen molar-refractivity contribution in [3.05, 3.63) is 69.5 Å². The summed E-state index contributed by atoms with van der Waals surface area (Å²) in [6.45, 7) is 1.08. The molecule has 2 aliphatic rings. The van der Waals surface area contributed by atoms with Crippen molar-refractivity contribution >= 4 is 45.9 Å². The van der Waals surface area contributed by atoms with E-state index in [0.717, 1.165) is 23.4 Å². The number of Topliss-reactive ketones (excluding diaryl/α,β-unsaturated/α-hetero) is 1. The molecule has 34 heavy (non-hydrogen) atoms. The molecule has 3 aromatic rings. The molecule has 1 aromatic heterocycles. The van der Waals surface area contributed by atoms with E-state index in [2.05, 4.69) is 11.1 Å². The van der Waals surface area contributed by atoms with Crippen molar-refractivity contribution in [3.8, 4) is 6.07 Å². The quantitative estimate of drug-likeness (QED) is 0.220. The summed E-state index contributed by atoms with van der Waals surface area (Å²) in [5.74, 6) is -0.284. The van der Waals surface area contributed by atoms with Crippen molar-refractivity contribution in [3.63, 3.8) is 0 Å². The Labute approximate surface area is 205 Å². The average molecular weight is 491 g/mol. The van der Waals surface area contributed by atoms with E-state index in [1.165, 1.54) is 23.5 Å². The van der Waals surface area contributed by atoms with Crippen LogP contribution in [0.3, 0.4) is 0 Å². The molecule has 3 heterocycles. The van der Waals surface area contributed by atoms with Gasteiger partial charge in [-0.2, -0.15) is 5.26 Å². The van der Waals surface area contributed by atoms with E-state index >= 15 is 0 Å².